The standard InChI is InChI=1S/C11H18N4S/c1-14-8-5-13-10(14)4-7-15-6-2-3-9(15)11(12)16/h5,8-9H,2-4,6-7H2,1H3,(H2,12,16). The van der Waals surface area contributed by atoms with Gasteiger partial charge in [0, 0.05) is 32.4 Å². The molecular weight excluding hydrogens is 220 g/mol. The van der Waals surface area contributed by atoms with Crippen LogP contribution < -0.4 is 5.73 Å². The van der Waals surface area contributed by atoms with Gasteiger partial charge in [-0.3, -0.25) is 4.90 Å². The van der Waals surface area contributed by atoms with Gasteiger partial charge >= 0.3 is 0 Å². The van der Waals surface area contributed by atoms with Crippen LogP contribution in [0.15, 0.2) is 12.4 Å². The van der Waals surface area contributed by atoms with Crippen molar-refractivity contribution in [2.24, 2.45) is 12.8 Å². The average molecular weight is 238 g/mol. The second-order valence-corrected chi connectivity index (χ2v) is 4.77. The largest absolute Gasteiger partial charge is 0.392 e. The lowest BCUT2D eigenvalue weighted by Gasteiger charge is -2.22. The molecule has 16 heavy (non-hydrogen) atoms. The molecule has 0 bridgehead atoms. The van der Waals surface area contributed by atoms with Crippen LogP contribution in [0.4, 0.5) is 0 Å². The lowest BCUT2D eigenvalue weighted by Crippen LogP contribution is -2.40. The number of thiocarbonyl (C=S) groups is 1. The Balaban J connectivity index is 1.90. The van der Waals surface area contributed by atoms with Crippen molar-refractivity contribution in [3.63, 3.8) is 0 Å². The maximum absolute atomic E-state index is 5.74. The Bertz CT molecular complexity index is 374. The van der Waals surface area contributed by atoms with Crippen molar-refractivity contribution in [3.05, 3.63) is 18.2 Å². The SMILES string of the molecule is Cn1ccnc1CCN1CCCC1C(N)=S. The fraction of sp³-hybridized carbons (Fsp3) is 0.636. The number of hydrogen-bond acceptors (Lipinski definition) is 3. The number of imidazole rings is 1. The number of rotatable bonds is 4. The average Bonchev–Trinajstić information content (AvgIpc) is 2.83. The number of hydrogen-bond donors (Lipinski definition) is 1. The third kappa shape index (κ3) is 2.41. The number of nitrogens with zero attached hydrogens (tertiary/aromatic N) is 3. The fourth-order valence-electron chi connectivity index (χ4n) is 2.30. The zero-order chi connectivity index (χ0) is 11.5. The molecule has 0 aliphatic carbocycles. The highest BCUT2D eigenvalue weighted by molar-refractivity contribution is 7.80. The smallest absolute Gasteiger partial charge is 0.109 e. The van der Waals surface area contributed by atoms with Gasteiger partial charge in [0.2, 0.25) is 0 Å². The van der Waals surface area contributed by atoms with E-state index in [0.29, 0.717) is 11.0 Å². The molecule has 88 valence electrons. The number of nitrogens with two attached hydrogens (primary N) is 1. The summed E-state index contributed by atoms with van der Waals surface area (Å²) in [6.07, 6.45) is 7.08. The number of aromatic nitrogens is 2. The predicted octanol–water partition coefficient (Wildman–Crippen LogP) is 0.713. The van der Waals surface area contributed by atoms with Gasteiger partial charge in [0.05, 0.1) is 11.0 Å². The molecule has 0 radical (unpaired) electrons. The van der Waals surface area contributed by atoms with Gasteiger partial charge in [-0.25, -0.2) is 4.98 Å². The molecule has 1 aromatic heterocycles. The molecule has 1 atom stereocenters. The molecule has 0 amide bonds. The van der Waals surface area contributed by atoms with Gasteiger partial charge in [-0.1, -0.05) is 12.2 Å². The molecule has 1 aliphatic heterocycles. The highest BCUT2D eigenvalue weighted by atomic mass is 32.1. The second-order valence-electron chi connectivity index (χ2n) is 4.30. The highest BCUT2D eigenvalue weighted by Crippen LogP contribution is 2.17. The van der Waals surface area contributed by atoms with E-state index < -0.39 is 0 Å². The van der Waals surface area contributed by atoms with Gasteiger partial charge in [0.25, 0.3) is 0 Å². The fourth-order valence-corrected chi connectivity index (χ4v) is 2.56. The van der Waals surface area contributed by atoms with Gasteiger partial charge in [0.1, 0.15) is 5.82 Å². The molecule has 0 saturated carbocycles. The van der Waals surface area contributed by atoms with Crippen LogP contribution >= 0.6 is 12.2 Å². The molecule has 0 aromatic carbocycles. The first-order valence-electron chi connectivity index (χ1n) is 5.68. The quantitative estimate of drug-likeness (QED) is 0.785. The van der Waals surface area contributed by atoms with Gasteiger partial charge in [-0.15, -0.1) is 0 Å². The van der Waals surface area contributed by atoms with Crippen LogP contribution in [0.5, 0.6) is 0 Å². The Hall–Kier alpha value is -0.940. The van der Waals surface area contributed by atoms with Crippen LogP contribution in [0.25, 0.3) is 0 Å². The summed E-state index contributed by atoms with van der Waals surface area (Å²) in [4.78, 5) is 7.33. The van der Waals surface area contributed by atoms with E-state index in [9.17, 15) is 0 Å². The second kappa shape index (κ2) is 4.93. The Morgan fingerprint density at radius 1 is 1.69 bits per heavy atom. The third-order valence-electron chi connectivity index (χ3n) is 3.24. The van der Waals surface area contributed by atoms with E-state index in [4.69, 9.17) is 18.0 Å². The molecule has 2 heterocycles. The monoisotopic (exact) mass is 238 g/mol. The van der Waals surface area contributed by atoms with Crippen LogP contribution in [0.2, 0.25) is 0 Å². The van der Waals surface area contributed by atoms with E-state index in [1.165, 1.54) is 6.42 Å². The number of likely N-dealkylation sites (tertiary alicyclic amines) is 1. The molecular formula is C11H18N4S. The van der Waals surface area contributed by atoms with E-state index in [1.807, 2.05) is 19.4 Å². The van der Waals surface area contributed by atoms with E-state index in [0.717, 1.165) is 31.8 Å². The van der Waals surface area contributed by atoms with Gasteiger partial charge in [-0.05, 0) is 19.4 Å². The van der Waals surface area contributed by atoms with Crippen LogP contribution in [0.3, 0.4) is 0 Å². The molecule has 4 nitrogen and oxygen atoms in total. The molecule has 5 heteroatoms. The first kappa shape index (κ1) is 11.5. The van der Waals surface area contributed by atoms with Crippen LogP contribution in [-0.4, -0.2) is 38.6 Å². The summed E-state index contributed by atoms with van der Waals surface area (Å²) in [6.45, 7) is 2.10. The zero-order valence-electron chi connectivity index (χ0n) is 9.59. The van der Waals surface area contributed by atoms with Crippen molar-refractivity contribution >= 4 is 17.2 Å². The lowest BCUT2D eigenvalue weighted by atomic mass is 10.2. The highest BCUT2D eigenvalue weighted by Gasteiger charge is 2.26. The maximum atomic E-state index is 5.74. The van der Waals surface area contributed by atoms with Crippen LogP contribution in [0, 0.1) is 0 Å². The Labute approximate surface area is 101 Å². The van der Waals surface area contributed by atoms with Gasteiger partial charge < -0.3 is 10.3 Å². The van der Waals surface area contributed by atoms with Crippen molar-refractivity contribution < 1.29 is 0 Å². The van der Waals surface area contributed by atoms with E-state index in [2.05, 4.69) is 14.5 Å². The molecule has 1 aromatic rings. The molecule has 1 unspecified atom stereocenters. The molecule has 1 saturated heterocycles. The maximum Gasteiger partial charge on any atom is 0.109 e. The minimum Gasteiger partial charge on any atom is -0.392 e. The molecule has 2 N–H and O–H groups in total. The summed E-state index contributed by atoms with van der Waals surface area (Å²) in [5, 5.41) is 0. The summed E-state index contributed by atoms with van der Waals surface area (Å²) in [5.41, 5.74) is 5.74. The van der Waals surface area contributed by atoms with Crippen molar-refractivity contribution in [1.82, 2.24) is 14.5 Å². The minimum absolute atomic E-state index is 0.301. The van der Waals surface area contributed by atoms with E-state index in [-0.39, 0.29) is 0 Å². The van der Waals surface area contributed by atoms with Crippen LogP contribution in [-0.2, 0) is 13.5 Å². The number of aryl methyl sites for hydroxylation is 1. The van der Waals surface area contributed by atoms with Crippen LogP contribution in [0.1, 0.15) is 18.7 Å². The molecule has 2 rings (SSSR count). The summed E-state index contributed by atoms with van der Waals surface area (Å²) in [7, 11) is 2.03. The van der Waals surface area contributed by atoms with Crippen molar-refractivity contribution in [2.45, 2.75) is 25.3 Å². The van der Waals surface area contributed by atoms with Gasteiger partial charge in [0.15, 0.2) is 0 Å². The topological polar surface area (TPSA) is 47.1 Å². The predicted molar refractivity (Wildman–Crippen MR) is 68.3 cm³/mol. The van der Waals surface area contributed by atoms with Gasteiger partial charge in [-0.2, -0.15) is 0 Å². The first-order valence-corrected chi connectivity index (χ1v) is 6.09. The summed E-state index contributed by atoms with van der Waals surface area (Å²) in [6, 6.07) is 0.301. The summed E-state index contributed by atoms with van der Waals surface area (Å²) < 4.78 is 2.06. The van der Waals surface area contributed by atoms with Crippen molar-refractivity contribution in [2.75, 3.05) is 13.1 Å². The Morgan fingerprint density at radius 3 is 3.12 bits per heavy atom. The molecule has 1 fully saturated rings. The molecule has 0 spiro atoms. The summed E-state index contributed by atoms with van der Waals surface area (Å²) in [5.74, 6) is 1.12. The zero-order valence-corrected chi connectivity index (χ0v) is 10.4. The van der Waals surface area contributed by atoms with Crippen molar-refractivity contribution in [3.8, 4) is 0 Å². The van der Waals surface area contributed by atoms with E-state index in [1.54, 1.807) is 0 Å². The molecule has 1 aliphatic rings. The van der Waals surface area contributed by atoms with E-state index >= 15 is 0 Å². The third-order valence-corrected chi connectivity index (χ3v) is 3.51. The normalized spacial score (nSPS) is 21.4. The first-order chi connectivity index (χ1) is 7.68. The summed E-state index contributed by atoms with van der Waals surface area (Å²) >= 11 is 5.09. The minimum atomic E-state index is 0.301. The lowest BCUT2D eigenvalue weighted by molar-refractivity contribution is 0.304. The Kier molecular flexibility index (Phi) is 3.56. The Morgan fingerprint density at radius 2 is 2.50 bits per heavy atom. The van der Waals surface area contributed by atoms with Crippen molar-refractivity contribution in [1.29, 1.82) is 0 Å².